The number of rotatable bonds is 1. The molecule has 2 nitrogen and oxygen atoms in total. The van der Waals surface area contributed by atoms with Gasteiger partial charge in [-0.1, -0.05) is 6.07 Å². The Morgan fingerprint density at radius 2 is 1.92 bits per heavy atom. The molecule has 1 aromatic carbocycles. The first kappa shape index (κ1) is 9.19. The van der Waals surface area contributed by atoms with Gasteiger partial charge in [-0.25, -0.2) is 12.8 Å². The summed E-state index contributed by atoms with van der Waals surface area (Å²) < 4.78 is 34.8. The largest absolute Gasteiger partial charge is 0.224 e. The fraction of sp³-hybridized carbons (Fsp3) is 0.250. The molecule has 0 fully saturated rings. The van der Waals surface area contributed by atoms with Crippen LogP contribution >= 0.6 is 0 Å². The van der Waals surface area contributed by atoms with Gasteiger partial charge in [-0.3, -0.25) is 0 Å². The second kappa shape index (κ2) is 2.86. The average molecular weight is 188 g/mol. The average Bonchev–Trinajstić information content (AvgIpc) is 1.92. The first-order valence-electron chi connectivity index (χ1n) is 3.37. The van der Waals surface area contributed by atoms with Gasteiger partial charge in [0.15, 0.2) is 9.84 Å². The van der Waals surface area contributed by atoms with E-state index >= 15 is 0 Å². The van der Waals surface area contributed by atoms with Gasteiger partial charge in [0.25, 0.3) is 0 Å². The van der Waals surface area contributed by atoms with Gasteiger partial charge in [0.2, 0.25) is 0 Å². The van der Waals surface area contributed by atoms with Crippen molar-refractivity contribution in [2.75, 3.05) is 6.26 Å². The van der Waals surface area contributed by atoms with Gasteiger partial charge in [0.05, 0.1) is 0 Å². The summed E-state index contributed by atoms with van der Waals surface area (Å²) in [7, 11) is -3.43. The van der Waals surface area contributed by atoms with E-state index in [9.17, 15) is 12.8 Å². The minimum atomic E-state index is -3.43. The van der Waals surface area contributed by atoms with Gasteiger partial charge in [-0.15, -0.1) is 0 Å². The van der Waals surface area contributed by atoms with E-state index in [1.54, 1.807) is 6.92 Å². The van der Waals surface area contributed by atoms with Gasteiger partial charge in [0, 0.05) is 6.26 Å². The molecule has 0 amide bonds. The molecule has 4 heteroatoms. The van der Waals surface area contributed by atoms with Gasteiger partial charge in [-0.2, -0.15) is 0 Å². The molecule has 0 N–H and O–H groups in total. The van der Waals surface area contributed by atoms with Gasteiger partial charge >= 0.3 is 0 Å². The molecular weight excluding hydrogens is 179 g/mol. The van der Waals surface area contributed by atoms with Crippen LogP contribution in [0.15, 0.2) is 23.1 Å². The molecule has 0 radical (unpaired) electrons. The van der Waals surface area contributed by atoms with Crippen LogP contribution in [0, 0.1) is 12.7 Å². The summed E-state index contributed by atoms with van der Waals surface area (Å²) in [6.07, 6.45) is 0.991. The molecule has 0 unspecified atom stereocenters. The second-order valence-electron chi connectivity index (χ2n) is 2.71. The van der Waals surface area contributed by atoms with Crippen LogP contribution in [0.1, 0.15) is 5.56 Å². The summed E-state index contributed by atoms with van der Waals surface area (Å²) in [5.41, 5.74) is 0.733. The summed E-state index contributed by atoms with van der Waals surface area (Å²) in [6.45, 7) is 1.72. The molecule has 0 heterocycles. The molecule has 0 aromatic heterocycles. The summed E-state index contributed by atoms with van der Waals surface area (Å²) >= 11 is 0. The predicted octanol–water partition coefficient (Wildman–Crippen LogP) is 1.54. The Kier molecular flexibility index (Phi) is 2.19. The Labute approximate surface area is 71.0 Å². The van der Waals surface area contributed by atoms with Crippen LogP contribution in [0.25, 0.3) is 0 Å². The smallest absolute Gasteiger partial charge is 0.178 e. The maximum Gasteiger partial charge on any atom is 0.178 e. The van der Waals surface area contributed by atoms with Crippen molar-refractivity contribution in [2.24, 2.45) is 0 Å². The Hall–Kier alpha value is -0.900. The maximum atomic E-state index is 12.9. The van der Waals surface area contributed by atoms with E-state index in [0.29, 0.717) is 0 Å². The number of halogens is 1. The van der Waals surface area contributed by atoms with Crippen molar-refractivity contribution >= 4 is 9.84 Å². The summed E-state index contributed by atoms with van der Waals surface area (Å²) in [5.74, 6) is -0.692. The fourth-order valence-corrected chi connectivity index (χ4v) is 1.72. The lowest BCUT2D eigenvalue weighted by atomic mass is 10.2. The number of aryl methyl sites for hydroxylation is 1. The van der Waals surface area contributed by atoms with Crippen molar-refractivity contribution in [3.63, 3.8) is 0 Å². The highest BCUT2D eigenvalue weighted by atomic mass is 32.2. The van der Waals surface area contributed by atoms with Gasteiger partial charge < -0.3 is 0 Å². The Morgan fingerprint density at radius 3 is 2.33 bits per heavy atom. The first-order chi connectivity index (χ1) is 5.41. The number of hydrogen-bond acceptors (Lipinski definition) is 2. The lowest BCUT2D eigenvalue weighted by Gasteiger charge is -2.00. The Morgan fingerprint density at radius 1 is 1.33 bits per heavy atom. The van der Waals surface area contributed by atoms with Crippen LogP contribution < -0.4 is 0 Å². The molecule has 0 atom stereocenters. The van der Waals surface area contributed by atoms with Gasteiger partial charge in [-0.05, 0) is 24.6 Å². The zero-order valence-electron chi connectivity index (χ0n) is 6.83. The monoisotopic (exact) mass is 188 g/mol. The van der Waals surface area contributed by atoms with E-state index in [1.165, 1.54) is 12.1 Å². The van der Waals surface area contributed by atoms with Crippen molar-refractivity contribution < 1.29 is 12.8 Å². The normalized spacial score (nSPS) is 11.6. The van der Waals surface area contributed by atoms with E-state index in [-0.39, 0.29) is 4.90 Å². The number of benzene rings is 1. The molecule has 0 saturated heterocycles. The lowest BCUT2D eigenvalue weighted by molar-refractivity contribution is 0.570. The topological polar surface area (TPSA) is 34.1 Å². The van der Waals surface area contributed by atoms with Crippen molar-refractivity contribution in [3.8, 4) is 0 Å². The van der Waals surface area contributed by atoms with Crippen LogP contribution in [0.2, 0.25) is 0 Å². The fourth-order valence-electron chi connectivity index (χ4n) is 0.895. The summed E-state index contributed by atoms with van der Waals surface area (Å²) in [5, 5.41) is 0. The third kappa shape index (κ3) is 1.82. The summed E-state index contributed by atoms with van der Waals surface area (Å²) in [4.78, 5) is -0.234. The number of sulfone groups is 1. The van der Waals surface area contributed by atoms with E-state index in [0.717, 1.165) is 17.9 Å². The van der Waals surface area contributed by atoms with Crippen LogP contribution in [0.5, 0.6) is 0 Å². The predicted molar refractivity (Wildman–Crippen MR) is 44.2 cm³/mol. The third-order valence-electron chi connectivity index (χ3n) is 1.49. The molecular formula is C8H9FO2S. The minimum absolute atomic E-state index is 0.234. The van der Waals surface area contributed by atoms with Crippen molar-refractivity contribution in [3.05, 3.63) is 29.6 Å². The molecule has 0 saturated carbocycles. The van der Waals surface area contributed by atoms with E-state index in [2.05, 4.69) is 0 Å². The highest BCUT2D eigenvalue weighted by Gasteiger charge is 2.12. The molecule has 1 aromatic rings. The van der Waals surface area contributed by atoms with Crippen molar-refractivity contribution in [1.82, 2.24) is 0 Å². The summed E-state index contributed by atoms with van der Waals surface area (Å²) in [6, 6.07) is 4.01. The standard InChI is InChI=1S/C8H9FO2S/c1-6-3-4-7(9)8(5-6)12(2,10)11/h3-5H,1-2H3. The van der Waals surface area contributed by atoms with Crippen molar-refractivity contribution in [1.29, 1.82) is 0 Å². The Balaban J connectivity index is 3.43. The SMILES string of the molecule is Cc1ccc(F)c(S(C)(=O)=O)c1. The minimum Gasteiger partial charge on any atom is -0.224 e. The molecule has 0 aliphatic heterocycles. The molecule has 0 bridgehead atoms. The molecule has 0 spiro atoms. The zero-order chi connectivity index (χ0) is 9.35. The lowest BCUT2D eigenvalue weighted by Crippen LogP contribution is -2.00. The molecule has 1 rings (SSSR count). The highest BCUT2D eigenvalue weighted by molar-refractivity contribution is 7.90. The zero-order valence-corrected chi connectivity index (χ0v) is 7.65. The maximum absolute atomic E-state index is 12.9. The second-order valence-corrected chi connectivity index (χ2v) is 4.69. The van der Waals surface area contributed by atoms with E-state index in [1.807, 2.05) is 0 Å². The molecule has 66 valence electrons. The molecule has 0 aliphatic carbocycles. The van der Waals surface area contributed by atoms with Gasteiger partial charge in [0.1, 0.15) is 10.7 Å². The van der Waals surface area contributed by atoms with E-state index < -0.39 is 15.7 Å². The van der Waals surface area contributed by atoms with Crippen LogP contribution in [0.3, 0.4) is 0 Å². The first-order valence-corrected chi connectivity index (χ1v) is 5.26. The number of hydrogen-bond donors (Lipinski definition) is 0. The molecule has 0 aliphatic rings. The van der Waals surface area contributed by atoms with Crippen LogP contribution in [-0.4, -0.2) is 14.7 Å². The quantitative estimate of drug-likeness (QED) is 0.670. The Bertz CT molecular complexity index is 396. The highest BCUT2D eigenvalue weighted by Crippen LogP contribution is 2.15. The van der Waals surface area contributed by atoms with E-state index in [4.69, 9.17) is 0 Å². The van der Waals surface area contributed by atoms with Crippen LogP contribution in [-0.2, 0) is 9.84 Å². The van der Waals surface area contributed by atoms with Crippen LogP contribution in [0.4, 0.5) is 4.39 Å². The van der Waals surface area contributed by atoms with Crippen molar-refractivity contribution in [2.45, 2.75) is 11.8 Å². The third-order valence-corrected chi connectivity index (χ3v) is 2.60. The molecule has 12 heavy (non-hydrogen) atoms.